The Hall–Kier alpha value is -1.85. The lowest BCUT2D eigenvalue weighted by Gasteiger charge is -2.15. The summed E-state index contributed by atoms with van der Waals surface area (Å²) < 4.78 is 4.50. The highest BCUT2D eigenvalue weighted by Gasteiger charge is 2.22. The van der Waals surface area contributed by atoms with Crippen molar-refractivity contribution < 1.29 is 19.2 Å². The average molecular weight is 226 g/mol. The van der Waals surface area contributed by atoms with E-state index in [1.54, 1.807) is 0 Å². The molecule has 1 atom stereocenters. The lowest BCUT2D eigenvalue weighted by molar-refractivity contribution is -0.139. The van der Waals surface area contributed by atoms with Crippen molar-refractivity contribution in [1.82, 2.24) is 10.5 Å². The molecule has 16 heavy (non-hydrogen) atoms. The van der Waals surface area contributed by atoms with Crippen LogP contribution >= 0.6 is 0 Å². The van der Waals surface area contributed by atoms with Gasteiger partial charge in [0.05, 0.1) is 0 Å². The molecular weight excluding hydrogens is 212 g/mol. The van der Waals surface area contributed by atoms with Gasteiger partial charge in [-0.25, -0.2) is 4.79 Å². The van der Waals surface area contributed by atoms with Crippen LogP contribution in [-0.2, 0) is 4.79 Å². The minimum absolute atomic E-state index is 0.0787. The number of carboxylic acids is 1. The Morgan fingerprint density at radius 3 is 2.69 bits per heavy atom. The van der Waals surface area contributed by atoms with Gasteiger partial charge in [-0.2, -0.15) is 0 Å². The minimum atomic E-state index is -1.05. The maximum Gasteiger partial charge on any atom is 0.326 e. The smallest absolute Gasteiger partial charge is 0.326 e. The molecule has 1 heterocycles. The topological polar surface area (TPSA) is 92.4 Å². The number of nitrogens with zero attached hydrogens (tertiary/aromatic N) is 1. The summed E-state index contributed by atoms with van der Waals surface area (Å²) in [5.74, 6) is -1.41. The Morgan fingerprint density at radius 1 is 1.56 bits per heavy atom. The SMILES string of the molecule is CC(C)C[C@@H](NC(=O)c1ccon1)C(=O)O. The molecule has 6 nitrogen and oxygen atoms in total. The number of rotatable bonds is 5. The Kier molecular flexibility index (Phi) is 4.04. The van der Waals surface area contributed by atoms with Crippen LogP contribution < -0.4 is 5.32 Å². The van der Waals surface area contributed by atoms with Crippen molar-refractivity contribution in [2.45, 2.75) is 26.3 Å². The summed E-state index contributed by atoms with van der Waals surface area (Å²) in [4.78, 5) is 22.4. The van der Waals surface area contributed by atoms with Gasteiger partial charge in [0, 0.05) is 6.07 Å². The summed E-state index contributed by atoms with van der Waals surface area (Å²) in [6, 6.07) is 0.480. The summed E-state index contributed by atoms with van der Waals surface area (Å²) in [7, 11) is 0. The third kappa shape index (κ3) is 3.38. The van der Waals surface area contributed by atoms with Gasteiger partial charge in [-0.1, -0.05) is 19.0 Å². The van der Waals surface area contributed by atoms with Crippen LogP contribution in [0.2, 0.25) is 0 Å². The van der Waals surface area contributed by atoms with Crippen molar-refractivity contribution >= 4 is 11.9 Å². The molecule has 6 heteroatoms. The van der Waals surface area contributed by atoms with Crippen LogP contribution in [0.5, 0.6) is 0 Å². The second-order valence-electron chi connectivity index (χ2n) is 3.88. The van der Waals surface area contributed by atoms with Gasteiger partial charge < -0.3 is 14.9 Å². The molecule has 1 amide bonds. The number of carbonyl (C=O) groups is 2. The molecule has 0 aliphatic carbocycles. The monoisotopic (exact) mass is 226 g/mol. The molecular formula is C10H14N2O4. The van der Waals surface area contributed by atoms with E-state index in [1.165, 1.54) is 12.3 Å². The van der Waals surface area contributed by atoms with Crippen molar-refractivity contribution in [3.63, 3.8) is 0 Å². The van der Waals surface area contributed by atoms with Gasteiger partial charge in [0.25, 0.3) is 5.91 Å². The lowest BCUT2D eigenvalue weighted by atomic mass is 10.0. The van der Waals surface area contributed by atoms with Crippen molar-refractivity contribution in [3.8, 4) is 0 Å². The number of hydrogen-bond acceptors (Lipinski definition) is 4. The number of amides is 1. The fraction of sp³-hybridized carbons (Fsp3) is 0.500. The molecule has 0 saturated carbocycles. The van der Waals surface area contributed by atoms with Crippen LogP contribution in [0.1, 0.15) is 30.8 Å². The predicted molar refractivity (Wildman–Crippen MR) is 54.8 cm³/mol. The van der Waals surface area contributed by atoms with Gasteiger partial charge in [-0.3, -0.25) is 4.79 Å². The largest absolute Gasteiger partial charge is 0.480 e. The summed E-state index contributed by atoms with van der Waals surface area (Å²) in [6.07, 6.45) is 1.63. The molecule has 0 bridgehead atoms. The summed E-state index contributed by atoms with van der Waals surface area (Å²) in [6.45, 7) is 3.77. The average Bonchev–Trinajstić information content (AvgIpc) is 2.68. The number of carbonyl (C=O) groups excluding carboxylic acids is 1. The van der Waals surface area contributed by atoms with E-state index in [2.05, 4.69) is 15.0 Å². The molecule has 0 spiro atoms. The minimum Gasteiger partial charge on any atom is -0.480 e. The first-order chi connectivity index (χ1) is 7.50. The maximum atomic E-state index is 11.5. The molecule has 0 radical (unpaired) electrons. The molecule has 0 aliphatic rings. The van der Waals surface area contributed by atoms with Crippen LogP contribution in [0.4, 0.5) is 0 Å². The van der Waals surface area contributed by atoms with Crippen molar-refractivity contribution in [2.24, 2.45) is 5.92 Å². The Labute approximate surface area is 92.6 Å². The third-order valence-electron chi connectivity index (χ3n) is 1.98. The first-order valence-corrected chi connectivity index (χ1v) is 4.94. The number of nitrogens with one attached hydrogen (secondary N) is 1. The highest BCUT2D eigenvalue weighted by atomic mass is 16.5. The summed E-state index contributed by atoms with van der Waals surface area (Å²) in [5, 5.41) is 14.7. The third-order valence-corrected chi connectivity index (χ3v) is 1.98. The molecule has 0 aromatic carbocycles. The van der Waals surface area contributed by atoms with Gasteiger partial charge in [0.2, 0.25) is 0 Å². The van der Waals surface area contributed by atoms with E-state index in [-0.39, 0.29) is 11.6 Å². The van der Waals surface area contributed by atoms with Crippen molar-refractivity contribution in [1.29, 1.82) is 0 Å². The first-order valence-electron chi connectivity index (χ1n) is 4.94. The van der Waals surface area contributed by atoms with Gasteiger partial charge in [0.15, 0.2) is 5.69 Å². The maximum absolute atomic E-state index is 11.5. The van der Waals surface area contributed by atoms with Gasteiger partial charge >= 0.3 is 5.97 Å². The first kappa shape index (κ1) is 12.2. The second kappa shape index (κ2) is 5.29. The van der Waals surface area contributed by atoms with E-state index < -0.39 is 17.9 Å². The zero-order valence-corrected chi connectivity index (χ0v) is 9.14. The predicted octanol–water partition coefficient (Wildman–Crippen LogP) is 0.904. The van der Waals surface area contributed by atoms with Crippen LogP contribution in [0.15, 0.2) is 16.9 Å². The van der Waals surface area contributed by atoms with Crippen molar-refractivity contribution in [2.75, 3.05) is 0 Å². The van der Waals surface area contributed by atoms with E-state index >= 15 is 0 Å². The normalized spacial score (nSPS) is 12.4. The van der Waals surface area contributed by atoms with E-state index in [9.17, 15) is 9.59 Å². The Bertz CT molecular complexity index is 359. The number of carboxylic acid groups (broad SMARTS) is 1. The fourth-order valence-corrected chi connectivity index (χ4v) is 1.25. The molecule has 0 fully saturated rings. The van der Waals surface area contributed by atoms with Crippen LogP contribution in [0.3, 0.4) is 0 Å². The quantitative estimate of drug-likeness (QED) is 0.778. The highest BCUT2D eigenvalue weighted by molar-refractivity contribution is 5.94. The number of aromatic nitrogens is 1. The molecule has 1 rings (SSSR count). The second-order valence-corrected chi connectivity index (χ2v) is 3.88. The zero-order chi connectivity index (χ0) is 12.1. The van der Waals surface area contributed by atoms with E-state index in [0.29, 0.717) is 6.42 Å². The van der Waals surface area contributed by atoms with Gasteiger partial charge in [0.1, 0.15) is 12.3 Å². The van der Waals surface area contributed by atoms with E-state index in [0.717, 1.165) is 0 Å². The standard InChI is InChI=1S/C10H14N2O4/c1-6(2)5-8(10(14)15)11-9(13)7-3-4-16-12-7/h3-4,6,8H,5H2,1-2H3,(H,11,13)(H,14,15)/t8-/m1/s1. The van der Waals surface area contributed by atoms with Crippen molar-refractivity contribution in [3.05, 3.63) is 18.0 Å². The highest BCUT2D eigenvalue weighted by Crippen LogP contribution is 2.06. The zero-order valence-electron chi connectivity index (χ0n) is 9.14. The molecule has 1 aromatic heterocycles. The van der Waals surface area contributed by atoms with Crippen LogP contribution in [0.25, 0.3) is 0 Å². The molecule has 0 aliphatic heterocycles. The fourth-order valence-electron chi connectivity index (χ4n) is 1.25. The molecule has 1 aromatic rings. The van der Waals surface area contributed by atoms with Gasteiger partial charge in [-0.15, -0.1) is 0 Å². The molecule has 0 unspecified atom stereocenters. The number of hydrogen-bond donors (Lipinski definition) is 2. The summed E-state index contributed by atoms with van der Waals surface area (Å²) in [5.41, 5.74) is 0.0787. The number of aliphatic carboxylic acids is 1. The lowest BCUT2D eigenvalue weighted by Crippen LogP contribution is -2.41. The van der Waals surface area contributed by atoms with Crippen LogP contribution in [0, 0.1) is 5.92 Å². The van der Waals surface area contributed by atoms with Gasteiger partial charge in [-0.05, 0) is 12.3 Å². The molecule has 2 N–H and O–H groups in total. The van der Waals surface area contributed by atoms with E-state index in [4.69, 9.17) is 5.11 Å². The molecule has 88 valence electrons. The molecule has 0 saturated heterocycles. The summed E-state index contributed by atoms with van der Waals surface area (Å²) >= 11 is 0. The van der Waals surface area contributed by atoms with Crippen LogP contribution in [-0.4, -0.2) is 28.2 Å². The Balaban J connectivity index is 2.62. The Morgan fingerprint density at radius 2 is 2.25 bits per heavy atom. The van der Waals surface area contributed by atoms with E-state index in [1.807, 2.05) is 13.8 Å².